The minimum Gasteiger partial charge on any atom is -0.490 e. The zero-order valence-corrected chi connectivity index (χ0v) is 16.0. The van der Waals surface area contributed by atoms with Crippen LogP contribution < -0.4 is 14.8 Å². The Morgan fingerprint density at radius 2 is 2.04 bits per heavy atom. The summed E-state index contributed by atoms with van der Waals surface area (Å²) in [5.74, 6) is 1.26. The molecule has 5 heteroatoms. The summed E-state index contributed by atoms with van der Waals surface area (Å²) in [4.78, 5) is 12.3. The van der Waals surface area contributed by atoms with Gasteiger partial charge in [-0.05, 0) is 59.4 Å². The van der Waals surface area contributed by atoms with E-state index >= 15 is 0 Å². The van der Waals surface area contributed by atoms with E-state index in [9.17, 15) is 4.79 Å². The van der Waals surface area contributed by atoms with Crippen LogP contribution in [-0.2, 0) is 4.79 Å². The molecule has 2 aromatic rings. The van der Waals surface area contributed by atoms with Gasteiger partial charge >= 0.3 is 0 Å². The number of carbonyl (C=O) groups excluding carboxylic acids is 1. The van der Waals surface area contributed by atoms with Gasteiger partial charge in [0.05, 0.1) is 10.2 Å². The van der Waals surface area contributed by atoms with Crippen molar-refractivity contribution in [2.45, 2.75) is 6.92 Å². The Hall–Kier alpha value is -2.28. The topological polar surface area (TPSA) is 47.6 Å². The highest BCUT2D eigenvalue weighted by Gasteiger charge is 2.23. The minimum absolute atomic E-state index is 0.0962. The molecule has 4 nitrogen and oxygen atoms in total. The summed E-state index contributed by atoms with van der Waals surface area (Å²) in [5.41, 5.74) is 3.28. The summed E-state index contributed by atoms with van der Waals surface area (Å²) in [6.45, 7) is 6.54. The lowest BCUT2D eigenvalue weighted by Gasteiger charge is -2.14. The van der Waals surface area contributed by atoms with E-state index in [1.807, 2.05) is 49.4 Å². The van der Waals surface area contributed by atoms with Gasteiger partial charge in [0, 0.05) is 16.8 Å². The maximum Gasteiger partial charge on any atom is 0.256 e. The number of hydrogen-bond acceptors (Lipinski definition) is 3. The molecular weight excluding hydrogens is 429 g/mol. The van der Waals surface area contributed by atoms with Gasteiger partial charge in [0.2, 0.25) is 0 Å². The molecule has 0 aliphatic carbocycles. The summed E-state index contributed by atoms with van der Waals surface area (Å²) in [6.07, 6.45) is 3.57. The second-order valence-electron chi connectivity index (χ2n) is 5.42. The number of nitrogens with one attached hydrogen (secondary N) is 1. The second kappa shape index (κ2) is 7.74. The van der Waals surface area contributed by atoms with Gasteiger partial charge < -0.3 is 14.8 Å². The Morgan fingerprint density at radius 1 is 1.24 bits per heavy atom. The lowest BCUT2D eigenvalue weighted by Crippen LogP contribution is -2.04. The van der Waals surface area contributed by atoms with Crippen LogP contribution in [0.2, 0.25) is 0 Å². The molecule has 1 aliphatic rings. The van der Waals surface area contributed by atoms with Crippen molar-refractivity contribution in [2.24, 2.45) is 0 Å². The SMILES string of the molecule is C=CCOc1c(I)cc(/C=C2\C(=O)Nc3ccccc32)cc1OCC. The number of para-hydroxylation sites is 1. The molecule has 3 rings (SSSR count). The molecule has 1 aliphatic heterocycles. The fourth-order valence-electron chi connectivity index (χ4n) is 2.67. The number of anilines is 1. The first-order chi connectivity index (χ1) is 12.1. The number of carbonyl (C=O) groups is 1. The van der Waals surface area contributed by atoms with Crippen LogP contribution in [0.15, 0.2) is 49.1 Å². The van der Waals surface area contributed by atoms with Crippen LogP contribution in [0.3, 0.4) is 0 Å². The van der Waals surface area contributed by atoms with Crippen molar-refractivity contribution in [3.63, 3.8) is 0 Å². The van der Waals surface area contributed by atoms with Gasteiger partial charge in [0.15, 0.2) is 11.5 Å². The maximum atomic E-state index is 12.3. The van der Waals surface area contributed by atoms with Crippen LogP contribution in [0.25, 0.3) is 11.6 Å². The Kier molecular flexibility index (Phi) is 5.43. The van der Waals surface area contributed by atoms with Gasteiger partial charge in [0.1, 0.15) is 6.61 Å². The first-order valence-corrected chi connectivity index (χ1v) is 9.04. The van der Waals surface area contributed by atoms with Gasteiger partial charge in [-0.15, -0.1) is 0 Å². The van der Waals surface area contributed by atoms with Gasteiger partial charge in [-0.1, -0.05) is 30.9 Å². The Labute approximate surface area is 160 Å². The molecule has 1 N–H and O–H groups in total. The van der Waals surface area contributed by atoms with E-state index in [1.54, 1.807) is 6.08 Å². The van der Waals surface area contributed by atoms with Gasteiger partial charge in [-0.25, -0.2) is 0 Å². The Balaban J connectivity index is 2.03. The highest BCUT2D eigenvalue weighted by molar-refractivity contribution is 14.1. The standard InChI is InChI=1S/C20H18INO3/c1-3-9-25-19-16(21)11-13(12-18(19)24-4-2)10-15-14-7-5-6-8-17(14)22-20(15)23/h3,5-8,10-12H,1,4,9H2,2H3,(H,22,23)/b15-10-. The van der Waals surface area contributed by atoms with E-state index in [1.165, 1.54) is 0 Å². The minimum atomic E-state index is -0.0962. The van der Waals surface area contributed by atoms with Crippen molar-refractivity contribution in [3.05, 3.63) is 63.8 Å². The highest BCUT2D eigenvalue weighted by atomic mass is 127. The number of ether oxygens (including phenoxy) is 2. The average molecular weight is 447 g/mol. The number of benzene rings is 2. The lowest BCUT2D eigenvalue weighted by molar-refractivity contribution is -0.110. The van der Waals surface area contributed by atoms with Crippen LogP contribution in [-0.4, -0.2) is 19.1 Å². The third-order valence-electron chi connectivity index (χ3n) is 3.70. The largest absolute Gasteiger partial charge is 0.490 e. The summed E-state index contributed by atoms with van der Waals surface area (Å²) in [5, 5.41) is 2.89. The predicted octanol–water partition coefficient (Wildman–Crippen LogP) is 4.75. The van der Waals surface area contributed by atoms with E-state index in [-0.39, 0.29) is 5.91 Å². The van der Waals surface area contributed by atoms with E-state index in [4.69, 9.17) is 9.47 Å². The molecule has 25 heavy (non-hydrogen) atoms. The molecule has 0 aromatic heterocycles. The summed E-state index contributed by atoms with van der Waals surface area (Å²) in [7, 11) is 0. The fourth-order valence-corrected chi connectivity index (χ4v) is 3.45. The van der Waals surface area contributed by atoms with E-state index in [0.29, 0.717) is 30.3 Å². The molecule has 1 heterocycles. The summed E-state index contributed by atoms with van der Waals surface area (Å²) >= 11 is 2.21. The molecular formula is C20H18INO3. The quantitative estimate of drug-likeness (QED) is 0.395. The fraction of sp³-hybridized carbons (Fsp3) is 0.150. The first-order valence-electron chi connectivity index (χ1n) is 7.96. The van der Waals surface area contributed by atoms with Crippen molar-refractivity contribution in [2.75, 3.05) is 18.5 Å². The van der Waals surface area contributed by atoms with Crippen LogP contribution in [0.4, 0.5) is 5.69 Å². The summed E-state index contributed by atoms with van der Waals surface area (Å²) in [6, 6.07) is 11.5. The van der Waals surface area contributed by atoms with Crippen LogP contribution >= 0.6 is 22.6 Å². The average Bonchev–Trinajstić information content (AvgIpc) is 2.90. The number of fused-ring (bicyclic) bond motifs is 1. The van der Waals surface area contributed by atoms with Gasteiger partial charge in [-0.2, -0.15) is 0 Å². The molecule has 0 saturated carbocycles. The first kappa shape index (κ1) is 17.5. The maximum absolute atomic E-state index is 12.3. The Bertz CT molecular complexity index is 858. The number of amides is 1. The molecule has 1 amide bonds. The van der Waals surface area contributed by atoms with E-state index in [2.05, 4.69) is 34.5 Å². The van der Waals surface area contributed by atoms with Crippen molar-refractivity contribution in [1.82, 2.24) is 0 Å². The second-order valence-corrected chi connectivity index (χ2v) is 6.58. The normalized spacial score (nSPS) is 14.2. The number of hydrogen-bond donors (Lipinski definition) is 1. The van der Waals surface area contributed by atoms with Gasteiger partial charge in [0.25, 0.3) is 5.91 Å². The number of halogens is 1. The third-order valence-corrected chi connectivity index (χ3v) is 4.50. The van der Waals surface area contributed by atoms with Crippen molar-refractivity contribution < 1.29 is 14.3 Å². The zero-order chi connectivity index (χ0) is 17.8. The lowest BCUT2D eigenvalue weighted by atomic mass is 10.0. The highest BCUT2D eigenvalue weighted by Crippen LogP contribution is 2.37. The van der Waals surface area contributed by atoms with Gasteiger partial charge in [-0.3, -0.25) is 4.79 Å². The van der Waals surface area contributed by atoms with E-state index in [0.717, 1.165) is 20.4 Å². The molecule has 0 fully saturated rings. The van der Waals surface area contributed by atoms with Crippen LogP contribution in [0.5, 0.6) is 11.5 Å². The zero-order valence-electron chi connectivity index (χ0n) is 13.8. The molecule has 128 valence electrons. The van der Waals surface area contributed by atoms with Crippen molar-refractivity contribution in [3.8, 4) is 11.5 Å². The van der Waals surface area contributed by atoms with Crippen LogP contribution in [0, 0.1) is 3.57 Å². The summed E-state index contributed by atoms with van der Waals surface area (Å²) < 4.78 is 12.4. The van der Waals surface area contributed by atoms with Crippen LogP contribution in [0.1, 0.15) is 18.1 Å². The molecule has 0 spiro atoms. The molecule has 0 unspecified atom stereocenters. The Morgan fingerprint density at radius 3 is 2.80 bits per heavy atom. The molecule has 0 bridgehead atoms. The number of rotatable bonds is 6. The molecule has 2 aromatic carbocycles. The molecule has 0 atom stereocenters. The smallest absolute Gasteiger partial charge is 0.256 e. The van der Waals surface area contributed by atoms with Crippen molar-refractivity contribution in [1.29, 1.82) is 0 Å². The molecule has 0 saturated heterocycles. The monoisotopic (exact) mass is 447 g/mol. The predicted molar refractivity (Wildman–Crippen MR) is 109 cm³/mol. The van der Waals surface area contributed by atoms with E-state index < -0.39 is 0 Å². The molecule has 0 radical (unpaired) electrons. The van der Waals surface area contributed by atoms with Crippen molar-refractivity contribution >= 4 is 45.8 Å². The third kappa shape index (κ3) is 3.71.